The average Bonchev–Trinajstić information content (AvgIpc) is 3.16. The van der Waals surface area contributed by atoms with Crippen molar-refractivity contribution in [2.24, 2.45) is 5.73 Å². The van der Waals surface area contributed by atoms with Crippen molar-refractivity contribution in [3.63, 3.8) is 0 Å². The molecule has 1 aliphatic rings. The quantitative estimate of drug-likeness (QED) is 0.816. The summed E-state index contributed by atoms with van der Waals surface area (Å²) in [6.07, 6.45) is 7.95. The van der Waals surface area contributed by atoms with Crippen LogP contribution in [0, 0.1) is 0 Å². The minimum absolute atomic E-state index is 0.504. The van der Waals surface area contributed by atoms with Crippen LogP contribution in [0.3, 0.4) is 0 Å². The van der Waals surface area contributed by atoms with Crippen LogP contribution < -0.4 is 10.5 Å². The van der Waals surface area contributed by atoms with Crippen LogP contribution >= 0.6 is 0 Å². The Kier molecular flexibility index (Phi) is 4.76. The number of nitrogens with zero attached hydrogens (tertiary/aromatic N) is 1. The lowest BCUT2D eigenvalue weighted by atomic mass is 9.76. The van der Waals surface area contributed by atoms with Crippen molar-refractivity contribution in [2.75, 3.05) is 14.2 Å². The topological polar surface area (TPSA) is 70.5 Å². The van der Waals surface area contributed by atoms with E-state index in [1.165, 1.54) is 6.39 Å². The molecule has 0 bridgehead atoms. The highest BCUT2D eigenvalue weighted by molar-refractivity contribution is 5.76. The van der Waals surface area contributed by atoms with E-state index in [4.69, 9.17) is 19.6 Å². The number of aromatic nitrogens is 1. The third-order valence-electron chi connectivity index (χ3n) is 4.57. The van der Waals surface area contributed by atoms with Crippen LogP contribution in [-0.4, -0.2) is 24.8 Å². The first-order chi connectivity index (χ1) is 12.1. The summed E-state index contributed by atoms with van der Waals surface area (Å²) in [5, 5.41) is 0. The number of hydrogen-bond donors (Lipinski definition) is 1. The predicted octanol–water partition coefficient (Wildman–Crippen LogP) is 3.50. The number of benzene rings is 1. The van der Waals surface area contributed by atoms with Crippen LogP contribution in [-0.2, 0) is 11.2 Å². The Morgan fingerprint density at radius 2 is 2.12 bits per heavy atom. The van der Waals surface area contributed by atoms with Crippen molar-refractivity contribution < 1.29 is 13.9 Å². The summed E-state index contributed by atoms with van der Waals surface area (Å²) in [6, 6.07) is 7.88. The standard InChI is InChI=1S/C20H22N2O3/c1-14(10-15-6-4-5-7-18(15)23-2)20(24-3)11-16(21)8-9-17(20)19-12-22-13-25-19/h4-9,12-13H,1,10-11,21H2,2-3H3. The first-order valence-electron chi connectivity index (χ1n) is 8.01. The minimum Gasteiger partial charge on any atom is -0.496 e. The van der Waals surface area contributed by atoms with Gasteiger partial charge in [0.15, 0.2) is 12.2 Å². The highest BCUT2D eigenvalue weighted by atomic mass is 16.5. The zero-order valence-corrected chi connectivity index (χ0v) is 14.5. The van der Waals surface area contributed by atoms with Gasteiger partial charge < -0.3 is 19.6 Å². The molecule has 1 unspecified atom stereocenters. The minimum atomic E-state index is -0.779. The Bertz CT molecular complexity index is 821. The largest absolute Gasteiger partial charge is 0.496 e. The zero-order chi connectivity index (χ0) is 17.9. The third kappa shape index (κ3) is 3.10. The summed E-state index contributed by atoms with van der Waals surface area (Å²) in [5.74, 6) is 1.46. The fourth-order valence-electron chi connectivity index (χ4n) is 3.26. The molecule has 0 aliphatic heterocycles. The second kappa shape index (κ2) is 6.99. The molecule has 0 radical (unpaired) electrons. The fourth-order valence-corrected chi connectivity index (χ4v) is 3.26. The van der Waals surface area contributed by atoms with E-state index >= 15 is 0 Å². The molecule has 3 rings (SSSR count). The Hall–Kier alpha value is -2.79. The van der Waals surface area contributed by atoms with E-state index in [1.807, 2.05) is 36.4 Å². The number of para-hydroxylation sites is 1. The molecule has 1 aromatic carbocycles. The molecule has 1 aliphatic carbocycles. The molecule has 0 amide bonds. The van der Waals surface area contributed by atoms with Gasteiger partial charge in [0.2, 0.25) is 0 Å². The second-order valence-corrected chi connectivity index (χ2v) is 5.99. The average molecular weight is 338 g/mol. The lowest BCUT2D eigenvalue weighted by Gasteiger charge is -2.38. The Balaban J connectivity index is 2.00. The third-order valence-corrected chi connectivity index (χ3v) is 4.57. The zero-order valence-electron chi connectivity index (χ0n) is 14.5. The van der Waals surface area contributed by atoms with Crippen LogP contribution in [0.4, 0.5) is 0 Å². The van der Waals surface area contributed by atoms with Crippen LogP contribution in [0.1, 0.15) is 17.7 Å². The van der Waals surface area contributed by atoms with Gasteiger partial charge in [-0.2, -0.15) is 0 Å². The number of rotatable bonds is 6. The molecule has 5 nitrogen and oxygen atoms in total. The monoisotopic (exact) mass is 338 g/mol. The van der Waals surface area contributed by atoms with Crippen molar-refractivity contribution in [3.8, 4) is 5.75 Å². The van der Waals surface area contributed by atoms with Crippen molar-refractivity contribution in [1.82, 2.24) is 4.98 Å². The number of methoxy groups -OCH3 is 2. The molecule has 5 heteroatoms. The maximum atomic E-state index is 6.11. The Morgan fingerprint density at radius 1 is 1.32 bits per heavy atom. The fraction of sp³-hybridized carbons (Fsp3) is 0.250. The first-order valence-corrected chi connectivity index (χ1v) is 8.01. The van der Waals surface area contributed by atoms with E-state index in [1.54, 1.807) is 20.4 Å². The summed E-state index contributed by atoms with van der Waals surface area (Å²) in [6.45, 7) is 4.32. The second-order valence-electron chi connectivity index (χ2n) is 5.99. The Morgan fingerprint density at radius 3 is 2.80 bits per heavy atom. The van der Waals surface area contributed by atoms with Gasteiger partial charge in [-0.1, -0.05) is 30.9 Å². The SMILES string of the molecule is C=C(Cc1ccccc1OC)C1(OC)CC(N)=CC=C1c1cnco1. The number of hydrogen-bond acceptors (Lipinski definition) is 5. The molecule has 130 valence electrons. The van der Waals surface area contributed by atoms with Crippen molar-refractivity contribution in [3.05, 3.63) is 78.2 Å². The summed E-state index contributed by atoms with van der Waals surface area (Å²) >= 11 is 0. The van der Waals surface area contributed by atoms with Crippen LogP contribution in [0.5, 0.6) is 5.75 Å². The van der Waals surface area contributed by atoms with E-state index in [2.05, 4.69) is 11.6 Å². The van der Waals surface area contributed by atoms with Crippen LogP contribution in [0.2, 0.25) is 0 Å². The summed E-state index contributed by atoms with van der Waals surface area (Å²) < 4.78 is 17.0. The van der Waals surface area contributed by atoms with Crippen molar-refractivity contribution in [2.45, 2.75) is 18.4 Å². The van der Waals surface area contributed by atoms with E-state index in [0.29, 0.717) is 18.6 Å². The van der Waals surface area contributed by atoms with Crippen LogP contribution in [0.15, 0.2) is 71.3 Å². The van der Waals surface area contributed by atoms with Gasteiger partial charge in [-0.25, -0.2) is 4.98 Å². The number of ether oxygens (including phenoxy) is 2. The predicted molar refractivity (Wildman–Crippen MR) is 96.9 cm³/mol. The van der Waals surface area contributed by atoms with Crippen molar-refractivity contribution >= 4 is 5.57 Å². The molecule has 0 fully saturated rings. The van der Waals surface area contributed by atoms with Gasteiger partial charge in [-0.15, -0.1) is 0 Å². The maximum Gasteiger partial charge on any atom is 0.181 e. The highest BCUT2D eigenvalue weighted by Crippen LogP contribution is 2.43. The van der Waals surface area contributed by atoms with E-state index < -0.39 is 5.60 Å². The van der Waals surface area contributed by atoms with E-state index in [-0.39, 0.29) is 0 Å². The van der Waals surface area contributed by atoms with Gasteiger partial charge in [-0.3, -0.25) is 0 Å². The number of oxazole rings is 1. The lowest BCUT2D eigenvalue weighted by Crippen LogP contribution is -2.39. The normalized spacial score (nSPS) is 19.9. The maximum absolute atomic E-state index is 6.11. The van der Waals surface area contributed by atoms with E-state index in [0.717, 1.165) is 28.2 Å². The van der Waals surface area contributed by atoms with E-state index in [9.17, 15) is 0 Å². The molecule has 1 aromatic heterocycles. The molecule has 2 aromatic rings. The molecular weight excluding hydrogens is 316 g/mol. The summed E-state index contributed by atoms with van der Waals surface area (Å²) in [4.78, 5) is 4.02. The van der Waals surface area contributed by atoms with Crippen LogP contribution in [0.25, 0.3) is 5.57 Å². The van der Waals surface area contributed by atoms with Gasteiger partial charge in [0.05, 0.1) is 13.3 Å². The highest BCUT2D eigenvalue weighted by Gasteiger charge is 2.41. The first kappa shape index (κ1) is 17.0. The van der Waals surface area contributed by atoms with Gasteiger partial charge >= 0.3 is 0 Å². The molecular formula is C20H22N2O3. The van der Waals surface area contributed by atoms with Gasteiger partial charge in [0.25, 0.3) is 0 Å². The molecule has 25 heavy (non-hydrogen) atoms. The number of allylic oxidation sites excluding steroid dienone is 2. The summed E-state index contributed by atoms with van der Waals surface area (Å²) in [7, 11) is 3.32. The van der Waals surface area contributed by atoms with Gasteiger partial charge in [0, 0.05) is 24.8 Å². The van der Waals surface area contributed by atoms with Gasteiger partial charge in [-0.05, 0) is 29.7 Å². The summed E-state index contributed by atoms with van der Waals surface area (Å²) in [5.41, 5.74) is 8.84. The lowest BCUT2D eigenvalue weighted by molar-refractivity contribution is 0.0687. The van der Waals surface area contributed by atoms with Crippen molar-refractivity contribution in [1.29, 1.82) is 0 Å². The smallest absolute Gasteiger partial charge is 0.181 e. The molecule has 2 N–H and O–H groups in total. The molecule has 0 saturated heterocycles. The molecule has 1 atom stereocenters. The molecule has 0 saturated carbocycles. The Labute approximate surface area is 147 Å². The van der Waals surface area contributed by atoms with Gasteiger partial charge in [0.1, 0.15) is 11.4 Å². The molecule has 1 heterocycles. The molecule has 0 spiro atoms. The number of nitrogens with two attached hydrogens (primary N) is 1.